The van der Waals surface area contributed by atoms with Gasteiger partial charge in [0.05, 0.1) is 11.3 Å². The molecule has 1 aliphatic rings. The lowest BCUT2D eigenvalue weighted by molar-refractivity contribution is -0.113. The van der Waals surface area contributed by atoms with Gasteiger partial charge >= 0.3 is 0 Å². The number of aromatic nitrogens is 2. The van der Waals surface area contributed by atoms with Crippen molar-refractivity contribution in [1.29, 1.82) is 0 Å². The Kier molecular flexibility index (Phi) is 6.07. The van der Waals surface area contributed by atoms with Crippen molar-refractivity contribution < 1.29 is 9.53 Å². The lowest BCUT2D eigenvalue weighted by atomic mass is 10.0. The summed E-state index contributed by atoms with van der Waals surface area (Å²) in [6, 6.07) is 22.1. The number of anilines is 1. The molecular formula is C28H25N3O2S. The smallest absolute Gasteiger partial charge is 0.234 e. The van der Waals surface area contributed by atoms with E-state index < -0.39 is 0 Å². The second kappa shape index (κ2) is 9.31. The monoisotopic (exact) mass is 467 g/mol. The second-order valence-electron chi connectivity index (χ2n) is 8.49. The number of aryl methyl sites for hydroxylation is 3. The number of rotatable bonds is 5. The van der Waals surface area contributed by atoms with E-state index in [2.05, 4.69) is 5.32 Å². The largest absolute Gasteiger partial charge is 0.438 e. The van der Waals surface area contributed by atoms with Crippen molar-refractivity contribution in [2.75, 3.05) is 11.1 Å². The molecule has 1 amide bonds. The van der Waals surface area contributed by atoms with Gasteiger partial charge in [-0.3, -0.25) is 4.79 Å². The van der Waals surface area contributed by atoms with E-state index in [1.807, 2.05) is 87.5 Å². The summed E-state index contributed by atoms with van der Waals surface area (Å²) in [6.07, 6.45) is 0.667. The summed E-state index contributed by atoms with van der Waals surface area (Å²) in [5, 5.41) is 3.83. The number of thioether (sulfide) groups is 1. The number of ether oxygens (including phenoxy) is 1. The molecule has 0 spiro atoms. The van der Waals surface area contributed by atoms with Gasteiger partial charge in [0.1, 0.15) is 10.8 Å². The fourth-order valence-corrected chi connectivity index (χ4v) is 4.82. The zero-order chi connectivity index (χ0) is 23.7. The normalized spacial score (nSPS) is 11.9. The van der Waals surface area contributed by atoms with Crippen LogP contribution in [-0.4, -0.2) is 21.6 Å². The summed E-state index contributed by atoms with van der Waals surface area (Å²) in [4.78, 5) is 22.5. The number of carbonyl (C=O) groups excluding carboxylic acids is 1. The van der Waals surface area contributed by atoms with Crippen LogP contribution in [0, 0.1) is 20.8 Å². The van der Waals surface area contributed by atoms with Crippen molar-refractivity contribution in [3.8, 4) is 23.0 Å². The molecular weight excluding hydrogens is 442 g/mol. The van der Waals surface area contributed by atoms with Gasteiger partial charge in [-0.15, -0.1) is 0 Å². The van der Waals surface area contributed by atoms with Crippen LogP contribution < -0.4 is 10.1 Å². The highest BCUT2D eigenvalue weighted by Crippen LogP contribution is 2.40. The SMILES string of the molecule is Cc1ccc(-c2nc3c(c(SCC(=O)Nc4c(C)cccc4C)n2)Cc2ccccc2O3)cc1. The highest BCUT2D eigenvalue weighted by molar-refractivity contribution is 8.00. The molecule has 0 saturated heterocycles. The summed E-state index contributed by atoms with van der Waals surface area (Å²) in [5.74, 6) is 2.14. The van der Waals surface area contributed by atoms with Gasteiger partial charge in [0.25, 0.3) is 0 Å². The lowest BCUT2D eigenvalue weighted by Gasteiger charge is -2.21. The molecule has 1 N–H and O–H groups in total. The Hall–Kier alpha value is -3.64. The van der Waals surface area contributed by atoms with Gasteiger partial charge in [-0.1, -0.05) is 78.0 Å². The van der Waals surface area contributed by atoms with Crippen LogP contribution in [0.4, 0.5) is 5.69 Å². The molecule has 1 aliphatic heterocycles. The number of nitrogens with zero attached hydrogens (tertiary/aromatic N) is 2. The molecule has 3 aromatic carbocycles. The second-order valence-corrected chi connectivity index (χ2v) is 9.46. The minimum Gasteiger partial charge on any atom is -0.438 e. The Bertz CT molecular complexity index is 1360. The molecule has 0 radical (unpaired) electrons. The van der Waals surface area contributed by atoms with Gasteiger partial charge in [0.15, 0.2) is 5.82 Å². The van der Waals surface area contributed by atoms with E-state index >= 15 is 0 Å². The molecule has 34 heavy (non-hydrogen) atoms. The number of amides is 1. The van der Waals surface area contributed by atoms with Gasteiger partial charge in [0.2, 0.25) is 11.8 Å². The number of para-hydroxylation sites is 2. The molecule has 6 heteroatoms. The van der Waals surface area contributed by atoms with Gasteiger partial charge in [-0.2, -0.15) is 4.98 Å². The molecule has 1 aromatic heterocycles. The van der Waals surface area contributed by atoms with Gasteiger partial charge in [0, 0.05) is 17.7 Å². The molecule has 5 rings (SSSR count). The molecule has 0 saturated carbocycles. The number of benzene rings is 3. The van der Waals surface area contributed by atoms with Crippen molar-refractivity contribution in [3.63, 3.8) is 0 Å². The maximum Gasteiger partial charge on any atom is 0.234 e. The van der Waals surface area contributed by atoms with Crippen LogP contribution in [0.15, 0.2) is 71.8 Å². The van der Waals surface area contributed by atoms with E-state index in [0.717, 1.165) is 44.3 Å². The van der Waals surface area contributed by atoms with Crippen LogP contribution >= 0.6 is 11.8 Å². The number of fused-ring (bicyclic) bond motifs is 2. The third kappa shape index (κ3) is 4.54. The highest BCUT2D eigenvalue weighted by Gasteiger charge is 2.24. The summed E-state index contributed by atoms with van der Waals surface area (Å²) in [6.45, 7) is 6.05. The number of nitrogens with one attached hydrogen (secondary N) is 1. The quantitative estimate of drug-likeness (QED) is 0.236. The zero-order valence-corrected chi connectivity index (χ0v) is 20.2. The summed E-state index contributed by atoms with van der Waals surface area (Å²) >= 11 is 1.42. The number of carbonyl (C=O) groups is 1. The minimum atomic E-state index is -0.0659. The fourth-order valence-electron chi connectivity index (χ4n) is 4.00. The lowest BCUT2D eigenvalue weighted by Crippen LogP contribution is -2.16. The third-order valence-electron chi connectivity index (χ3n) is 5.87. The molecule has 4 aromatic rings. The van der Waals surface area contributed by atoms with E-state index in [0.29, 0.717) is 18.1 Å². The van der Waals surface area contributed by atoms with Gasteiger partial charge in [-0.05, 0) is 43.5 Å². The van der Waals surface area contributed by atoms with Crippen molar-refractivity contribution in [1.82, 2.24) is 9.97 Å². The third-order valence-corrected chi connectivity index (χ3v) is 6.89. The van der Waals surface area contributed by atoms with Crippen LogP contribution in [0.1, 0.15) is 27.8 Å². The standard InChI is InChI=1S/C28H25N3O2S/c1-17-11-13-20(14-12-17)26-30-27-22(15-21-9-4-5-10-23(21)33-27)28(31-26)34-16-24(32)29-25-18(2)7-6-8-19(25)3/h4-14H,15-16H2,1-3H3,(H,29,32). The van der Waals surface area contributed by atoms with Crippen LogP contribution in [0.5, 0.6) is 11.6 Å². The van der Waals surface area contributed by atoms with Crippen LogP contribution in [0.2, 0.25) is 0 Å². The first-order chi connectivity index (χ1) is 16.5. The fraction of sp³-hybridized carbons (Fsp3) is 0.179. The van der Waals surface area contributed by atoms with E-state index in [1.165, 1.54) is 17.3 Å². The van der Waals surface area contributed by atoms with Crippen molar-refractivity contribution in [2.45, 2.75) is 32.2 Å². The molecule has 0 aliphatic carbocycles. The first-order valence-electron chi connectivity index (χ1n) is 11.2. The molecule has 0 bridgehead atoms. The van der Waals surface area contributed by atoms with Gasteiger partial charge < -0.3 is 10.1 Å². The van der Waals surface area contributed by atoms with E-state index in [-0.39, 0.29) is 11.7 Å². The molecule has 5 nitrogen and oxygen atoms in total. The Morgan fingerprint density at radius 3 is 2.44 bits per heavy atom. The van der Waals surface area contributed by atoms with E-state index in [4.69, 9.17) is 14.7 Å². The zero-order valence-electron chi connectivity index (χ0n) is 19.4. The van der Waals surface area contributed by atoms with E-state index in [9.17, 15) is 4.79 Å². The molecule has 170 valence electrons. The Morgan fingerprint density at radius 1 is 0.941 bits per heavy atom. The summed E-state index contributed by atoms with van der Waals surface area (Å²) in [5.41, 5.74) is 7.05. The maximum absolute atomic E-state index is 12.8. The van der Waals surface area contributed by atoms with Crippen LogP contribution in [0.3, 0.4) is 0 Å². The number of hydrogen-bond donors (Lipinski definition) is 1. The van der Waals surface area contributed by atoms with Gasteiger partial charge in [-0.25, -0.2) is 4.98 Å². The summed E-state index contributed by atoms with van der Waals surface area (Å²) in [7, 11) is 0. The highest BCUT2D eigenvalue weighted by atomic mass is 32.2. The minimum absolute atomic E-state index is 0.0659. The number of hydrogen-bond acceptors (Lipinski definition) is 5. The maximum atomic E-state index is 12.8. The average molecular weight is 468 g/mol. The van der Waals surface area contributed by atoms with Crippen molar-refractivity contribution in [2.24, 2.45) is 0 Å². The van der Waals surface area contributed by atoms with Crippen LogP contribution in [-0.2, 0) is 11.2 Å². The predicted octanol–water partition coefficient (Wildman–Crippen LogP) is 6.50. The Labute approximate surface area is 203 Å². The van der Waals surface area contributed by atoms with E-state index in [1.54, 1.807) is 0 Å². The molecule has 0 atom stereocenters. The molecule has 0 fully saturated rings. The molecule has 2 heterocycles. The summed E-state index contributed by atoms with van der Waals surface area (Å²) < 4.78 is 6.17. The van der Waals surface area contributed by atoms with Crippen molar-refractivity contribution >= 4 is 23.4 Å². The molecule has 0 unspecified atom stereocenters. The topological polar surface area (TPSA) is 64.1 Å². The average Bonchev–Trinajstić information content (AvgIpc) is 2.84. The Morgan fingerprint density at radius 2 is 1.68 bits per heavy atom. The first-order valence-corrected chi connectivity index (χ1v) is 12.2. The van der Waals surface area contributed by atoms with Crippen molar-refractivity contribution in [3.05, 3.63) is 94.5 Å². The Balaban J connectivity index is 1.45. The first kappa shape index (κ1) is 22.2. The van der Waals surface area contributed by atoms with Crippen LogP contribution in [0.25, 0.3) is 11.4 Å². The predicted molar refractivity (Wildman–Crippen MR) is 137 cm³/mol.